The van der Waals surface area contributed by atoms with Crippen molar-refractivity contribution >= 4 is 23.5 Å². The fourth-order valence-corrected chi connectivity index (χ4v) is 4.90. The van der Waals surface area contributed by atoms with E-state index >= 15 is 0 Å². The molecule has 0 radical (unpaired) electrons. The minimum absolute atomic E-state index is 0.174. The summed E-state index contributed by atoms with van der Waals surface area (Å²) in [5.74, 6) is 0.0709. The third-order valence-corrected chi connectivity index (χ3v) is 7.93. The van der Waals surface area contributed by atoms with Gasteiger partial charge in [0.2, 0.25) is 5.91 Å². The van der Waals surface area contributed by atoms with Gasteiger partial charge in [0, 0.05) is 37.1 Å². The summed E-state index contributed by atoms with van der Waals surface area (Å²) in [6.07, 6.45) is 5.29. The average Bonchev–Trinajstić information content (AvgIpc) is 3.20. The molecule has 2 aromatic rings. The molecule has 0 aromatic heterocycles. The number of nitrogens with one attached hydrogen (secondary N) is 1. The van der Waals surface area contributed by atoms with Gasteiger partial charge < -0.3 is 53.1 Å². The molecule has 2 N–H and O–H groups in total. The second-order valence-electron chi connectivity index (χ2n) is 12.3. The Labute approximate surface area is 329 Å². The van der Waals surface area contributed by atoms with Crippen molar-refractivity contribution in [3.05, 3.63) is 74.8 Å². The van der Waals surface area contributed by atoms with Crippen LogP contribution in [0.25, 0.3) is 6.08 Å². The Morgan fingerprint density at radius 2 is 1.20 bits per heavy atom. The molecule has 0 aliphatic carbocycles. The van der Waals surface area contributed by atoms with Gasteiger partial charge in [-0.1, -0.05) is 29.8 Å². The van der Waals surface area contributed by atoms with E-state index in [2.05, 4.69) is 36.5 Å². The highest BCUT2D eigenvalue weighted by Gasteiger charge is 2.17. The number of hydrogen-bond donors (Lipinski definition) is 2. The van der Waals surface area contributed by atoms with Gasteiger partial charge in [0.05, 0.1) is 130 Å². The van der Waals surface area contributed by atoms with Gasteiger partial charge in [-0.15, -0.1) is 0 Å². The topological polar surface area (TPSA) is 193 Å². The molecule has 0 atom stereocenters. The number of ketones is 1. The SMILES string of the molecule is COc1cc(/C=C/C(=O)NCCOCCOCCOCCOCCOCCOCCOCCOCCC(=O)CCCc2ccc(C)cc2)c([N+](=O)[O-])cc1CO. The lowest BCUT2D eigenvalue weighted by atomic mass is 10.0. The maximum atomic E-state index is 12.1. The van der Waals surface area contributed by atoms with E-state index in [0.29, 0.717) is 112 Å². The molecule has 0 saturated carbocycles. The molecule has 0 saturated heterocycles. The standard InChI is InChI=1S/C40H60N2O14/c1-33-6-8-34(9-7-33)4-3-5-37(44)12-14-49-16-18-51-20-22-53-24-26-55-28-29-56-27-25-54-23-21-52-19-17-50-15-13-41-40(45)11-10-35-31-39(48-2)36(32-43)30-38(35)42(46)47/h6-11,30-31,43H,3-5,12-29,32H2,1-2H3,(H,41,45)/b11-10+. The molecule has 0 bridgehead atoms. The van der Waals surface area contributed by atoms with Gasteiger partial charge in [-0.3, -0.25) is 19.7 Å². The minimum atomic E-state index is -0.589. The van der Waals surface area contributed by atoms with Crippen LogP contribution in [0.5, 0.6) is 5.75 Å². The fraction of sp³-hybridized carbons (Fsp3) is 0.600. The predicted octanol–water partition coefficient (Wildman–Crippen LogP) is 3.65. The van der Waals surface area contributed by atoms with E-state index in [4.69, 9.17) is 42.6 Å². The third-order valence-electron chi connectivity index (χ3n) is 7.93. The minimum Gasteiger partial charge on any atom is -0.496 e. The molecule has 314 valence electrons. The van der Waals surface area contributed by atoms with Crippen molar-refractivity contribution < 1.29 is 62.3 Å². The summed E-state index contributed by atoms with van der Waals surface area (Å²) in [6, 6.07) is 11.0. The zero-order valence-electron chi connectivity index (χ0n) is 32.9. The third kappa shape index (κ3) is 23.9. The quantitative estimate of drug-likeness (QED) is 0.0440. The highest BCUT2D eigenvalue weighted by molar-refractivity contribution is 5.92. The Kier molecular flexibility index (Phi) is 27.8. The number of hydrogen-bond acceptors (Lipinski definition) is 14. The normalized spacial score (nSPS) is 11.3. The highest BCUT2D eigenvalue weighted by Crippen LogP contribution is 2.29. The first-order valence-electron chi connectivity index (χ1n) is 18.9. The molecule has 0 spiro atoms. The van der Waals surface area contributed by atoms with Gasteiger partial charge in [-0.05, 0) is 37.5 Å². The van der Waals surface area contributed by atoms with Gasteiger partial charge in [-0.25, -0.2) is 0 Å². The van der Waals surface area contributed by atoms with Crippen LogP contribution in [0.2, 0.25) is 0 Å². The first-order valence-corrected chi connectivity index (χ1v) is 18.9. The van der Waals surface area contributed by atoms with Crippen molar-refractivity contribution in [3.8, 4) is 5.75 Å². The molecular formula is C40H60N2O14. The van der Waals surface area contributed by atoms with Gasteiger partial charge in [0.25, 0.3) is 5.69 Å². The first kappa shape index (κ1) is 48.3. The molecular weight excluding hydrogens is 732 g/mol. The number of nitrogens with zero attached hydrogens (tertiary/aromatic N) is 1. The molecule has 16 nitrogen and oxygen atoms in total. The van der Waals surface area contributed by atoms with E-state index in [9.17, 15) is 24.8 Å². The van der Waals surface area contributed by atoms with Crippen LogP contribution in [0.4, 0.5) is 5.69 Å². The molecule has 2 aromatic carbocycles. The predicted molar refractivity (Wildman–Crippen MR) is 208 cm³/mol. The lowest BCUT2D eigenvalue weighted by Gasteiger charge is -2.09. The summed E-state index contributed by atoms with van der Waals surface area (Å²) in [5, 5.41) is 23.4. The lowest BCUT2D eigenvalue weighted by molar-refractivity contribution is -0.385. The zero-order chi connectivity index (χ0) is 40.5. The number of aliphatic hydroxyl groups excluding tert-OH is 1. The Morgan fingerprint density at radius 1 is 0.714 bits per heavy atom. The molecule has 16 heteroatoms. The van der Waals surface area contributed by atoms with E-state index < -0.39 is 17.4 Å². The van der Waals surface area contributed by atoms with Crippen molar-refractivity contribution in [2.75, 3.05) is 119 Å². The number of aliphatic hydroxyl groups is 1. The van der Waals surface area contributed by atoms with Crippen molar-refractivity contribution in [2.45, 2.75) is 39.2 Å². The summed E-state index contributed by atoms with van der Waals surface area (Å²) < 4.78 is 48.9. The molecule has 0 heterocycles. The van der Waals surface area contributed by atoms with E-state index in [0.717, 1.165) is 12.8 Å². The second kappa shape index (κ2) is 32.3. The number of benzene rings is 2. The first-order chi connectivity index (χ1) is 27.3. The number of amides is 1. The summed E-state index contributed by atoms with van der Waals surface area (Å²) in [7, 11) is 1.39. The van der Waals surface area contributed by atoms with Gasteiger partial charge in [0.15, 0.2) is 0 Å². The van der Waals surface area contributed by atoms with Crippen molar-refractivity contribution in [1.82, 2.24) is 5.32 Å². The smallest absolute Gasteiger partial charge is 0.277 e. The number of nitro groups is 1. The summed E-state index contributed by atoms with van der Waals surface area (Å²) >= 11 is 0. The molecule has 0 unspecified atom stereocenters. The number of methoxy groups -OCH3 is 1. The molecule has 1 amide bonds. The summed E-state index contributed by atoms with van der Waals surface area (Å²) in [5.41, 5.74) is 2.71. The van der Waals surface area contributed by atoms with Crippen LogP contribution in [0.1, 0.15) is 41.5 Å². The monoisotopic (exact) mass is 792 g/mol. The highest BCUT2D eigenvalue weighted by atomic mass is 16.6. The molecule has 0 fully saturated rings. The molecule has 0 aliphatic heterocycles. The fourth-order valence-electron chi connectivity index (χ4n) is 4.90. The Hall–Kier alpha value is -3.84. The maximum absolute atomic E-state index is 12.1. The number of aryl methyl sites for hydroxylation is 2. The number of carbonyl (C=O) groups is 2. The van der Waals surface area contributed by atoms with E-state index in [1.165, 1.54) is 42.5 Å². The van der Waals surface area contributed by atoms with Crippen LogP contribution in [0.15, 0.2) is 42.5 Å². The summed E-state index contributed by atoms with van der Waals surface area (Å²) in [4.78, 5) is 34.9. The Morgan fingerprint density at radius 3 is 1.66 bits per heavy atom. The number of Topliss-reactive ketones (excluding diaryl/α,β-unsaturated/α-hetero) is 1. The number of nitro benzene ring substituents is 1. The molecule has 56 heavy (non-hydrogen) atoms. The van der Waals surface area contributed by atoms with Crippen molar-refractivity contribution in [1.29, 1.82) is 0 Å². The summed E-state index contributed by atoms with van der Waals surface area (Å²) in [6.45, 7) is 8.65. The molecule has 0 aliphatic rings. The van der Waals surface area contributed by atoms with Crippen molar-refractivity contribution in [3.63, 3.8) is 0 Å². The zero-order valence-corrected chi connectivity index (χ0v) is 32.9. The number of rotatable bonds is 36. The van der Waals surface area contributed by atoms with Gasteiger partial charge in [-0.2, -0.15) is 0 Å². The van der Waals surface area contributed by atoms with Gasteiger partial charge >= 0.3 is 0 Å². The maximum Gasteiger partial charge on any atom is 0.277 e. The van der Waals surface area contributed by atoms with Crippen LogP contribution in [0, 0.1) is 17.0 Å². The second-order valence-corrected chi connectivity index (χ2v) is 12.3. The van der Waals surface area contributed by atoms with Gasteiger partial charge in [0.1, 0.15) is 11.5 Å². The van der Waals surface area contributed by atoms with Crippen LogP contribution < -0.4 is 10.1 Å². The Balaban J connectivity index is 1.26. The van der Waals surface area contributed by atoms with E-state index in [1.54, 1.807) is 0 Å². The van der Waals surface area contributed by atoms with Crippen LogP contribution in [-0.4, -0.2) is 141 Å². The average molecular weight is 793 g/mol. The number of carbonyl (C=O) groups excluding carboxylic acids is 2. The van der Waals surface area contributed by atoms with Crippen molar-refractivity contribution in [2.24, 2.45) is 0 Å². The van der Waals surface area contributed by atoms with Crippen LogP contribution in [-0.2, 0) is 60.5 Å². The Bertz CT molecular complexity index is 1390. The van der Waals surface area contributed by atoms with Crippen LogP contribution >= 0.6 is 0 Å². The van der Waals surface area contributed by atoms with E-state index in [1.807, 2.05) is 0 Å². The largest absolute Gasteiger partial charge is 0.496 e. The molecule has 2 rings (SSSR count). The number of ether oxygens (including phenoxy) is 9. The van der Waals surface area contributed by atoms with Crippen LogP contribution in [0.3, 0.4) is 0 Å². The lowest BCUT2D eigenvalue weighted by Crippen LogP contribution is -2.26. The van der Waals surface area contributed by atoms with E-state index in [-0.39, 0.29) is 41.5 Å².